The normalized spacial score (nSPS) is 14.0. The van der Waals surface area contributed by atoms with Gasteiger partial charge in [-0.25, -0.2) is 4.98 Å². The van der Waals surface area contributed by atoms with Crippen LogP contribution >= 0.6 is 0 Å². The van der Waals surface area contributed by atoms with E-state index in [9.17, 15) is 4.79 Å². The minimum atomic E-state index is 0.0694. The Morgan fingerprint density at radius 1 is 0.906 bits per heavy atom. The van der Waals surface area contributed by atoms with Crippen molar-refractivity contribution >= 4 is 17.2 Å². The number of rotatable bonds is 5. The summed E-state index contributed by atoms with van der Waals surface area (Å²) in [5.41, 5.74) is 4.86. The number of carbonyl (C=O) groups is 1. The predicted molar refractivity (Wildman–Crippen MR) is 125 cm³/mol. The third-order valence-electron chi connectivity index (χ3n) is 5.83. The predicted octanol–water partition coefficient (Wildman–Crippen LogP) is 4.18. The van der Waals surface area contributed by atoms with Gasteiger partial charge in [0.15, 0.2) is 0 Å². The van der Waals surface area contributed by atoms with Gasteiger partial charge in [-0.1, -0.05) is 24.3 Å². The number of pyridine rings is 1. The van der Waals surface area contributed by atoms with Gasteiger partial charge in [0.2, 0.25) is 0 Å². The van der Waals surface area contributed by atoms with E-state index in [1.165, 1.54) is 11.3 Å². The van der Waals surface area contributed by atoms with Crippen LogP contribution in [0.1, 0.15) is 21.6 Å². The largest absolute Gasteiger partial charge is 0.487 e. The Balaban J connectivity index is 1.16. The lowest BCUT2D eigenvalue weighted by Gasteiger charge is -2.36. The molecule has 2 aromatic carbocycles. The minimum Gasteiger partial charge on any atom is -0.487 e. The van der Waals surface area contributed by atoms with Gasteiger partial charge in [0.05, 0.1) is 5.69 Å². The van der Waals surface area contributed by atoms with Crippen LogP contribution in [0.4, 0.5) is 5.69 Å². The van der Waals surface area contributed by atoms with Crippen molar-refractivity contribution in [1.82, 2.24) is 14.3 Å². The summed E-state index contributed by atoms with van der Waals surface area (Å²) < 4.78 is 7.89. The van der Waals surface area contributed by atoms with Gasteiger partial charge in [0, 0.05) is 49.8 Å². The molecule has 3 heterocycles. The van der Waals surface area contributed by atoms with Crippen LogP contribution in [0.3, 0.4) is 0 Å². The number of hydrogen-bond acceptors (Lipinski definition) is 4. The fraction of sp³-hybridized carbons (Fsp3) is 0.231. The molecule has 1 amide bonds. The van der Waals surface area contributed by atoms with Crippen LogP contribution < -0.4 is 9.64 Å². The molecule has 162 valence electrons. The number of aromatic nitrogens is 2. The first-order valence-electron chi connectivity index (χ1n) is 10.9. The third-order valence-corrected chi connectivity index (χ3v) is 5.83. The standard InChI is InChI=1S/C26H26N4O2/c1-20-7-12-25-27-22(18-30(25)17-20)19-32-24-10-8-21(9-11-24)26(31)29-15-13-28(14-16-29)23-5-3-2-4-6-23/h2-12,17-18H,13-16,19H2,1H3. The van der Waals surface area contributed by atoms with Crippen LogP contribution in [0.2, 0.25) is 0 Å². The van der Waals surface area contributed by atoms with Crippen LogP contribution in [0.25, 0.3) is 5.65 Å². The summed E-state index contributed by atoms with van der Waals surface area (Å²) in [4.78, 5) is 21.7. The van der Waals surface area contributed by atoms with Crippen LogP contribution in [-0.4, -0.2) is 46.4 Å². The fourth-order valence-electron chi connectivity index (χ4n) is 4.07. The molecule has 2 aromatic heterocycles. The Morgan fingerprint density at radius 3 is 2.41 bits per heavy atom. The van der Waals surface area contributed by atoms with E-state index < -0.39 is 0 Å². The first-order valence-corrected chi connectivity index (χ1v) is 10.9. The highest BCUT2D eigenvalue weighted by atomic mass is 16.5. The molecule has 0 bridgehead atoms. The Bertz CT molecular complexity index is 1210. The number of benzene rings is 2. The molecule has 32 heavy (non-hydrogen) atoms. The van der Waals surface area contributed by atoms with Crippen molar-refractivity contribution in [2.45, 2.75) is 13.5 Å². The zero-order valence-electron chi connectivity index (χ0n) is 18.1. The highest BCUT2D eigenvalue weighted by Crippen LogP contribution is 2.19. The summed E-state index contributed by atoms with van der Waals surface area (Å²) in [5.74, 6) is 0.795. The maximum Gasteiger partial charge on any atom is 0.253 e. The van der Waals surface area contributed by atoms with Crippen molar-refractivity contribution in [3.8, 4) is 5.75 Å². The number of carbonyl (C=O) groups excluding carboxylic acids is 1. The Labute approximate surface area is 187 Å². The molecule has 0 N–H and O–H groups in total. The lowest BCUT2D eigenvalue weighted by Crippen LogP contribution is -2.48. The maximum absolute atomic E-state index is 12.9. The molecule has 0 saturated carbocycles. The molecule has 6 heteroatoms. The SMILES string of the molecule is Cc1ccc2nc(COc3ccc(C(=O)N4CCN(c5ccccc5)CC4)cc3)cn2c1. The zero-order chi connectivity index (χ0) is 21.9. The zero-order valence-corrected chi connectivity index (χ0v) is 18.1. The number of ether oxygens (including phenoxy) is 1. The van der Waals surface area contributed by atoms with E-state index >= 15 is 0 Å². The summed E-state index contributed by atoms with van der Waals surface area (Å²) in [6.45, 7) is 5.57. The van der Waals surface area contributed by atoms with E-state index in [0.29, 0.717) is 12.2 Å². The van der Waals surface area contributed by atoms with Gasteiger partial charge in [-0.2, -0.15) is 0 Å². The molecule has 0 unspecified atom stereocenters. The molecule has 1 aliphatic heterocycles. The average Bonchev–Trinajstić information content (AvgIpc) is 3.25. The molecule has 4 aromatic rings. The minimum absolute atomic E-state index is 0.0694. The van der Waals surface area contributed by atoms with E-state index in [2.05, 4.69) is 28.9 Å². The molecule has 0 aliphatic carbocycles. The average molecular weight is 427 g/mol. The number of nitrogens with zero attached hydrogens (tertiary/aromatic N) is 4. The van der Waals surface area contributed by atoms with Crippen LogP contribution in [-0.2, 0) is 6.61 Å². The molecule has 0 radical (unpaired) electrons. The second-order valence-corrected chi connectivity index (χ2v) is 8.13. The molecular weight excluding hydrogens is 400 g/mol. The second kappa shape index (κ2) is 8.75. The van der Waals surface area contributed by atoms with Crippen molar-refractivity contribution in [2.75, 3.05) is 31.1 Å². The molecule has 0 spiro atoms. The topological polar surface area (TPSA) is 50.1 Å². The van der Waals surface area contributed by atoms with Crippen LogP contribution in [0.15, 0.2) is 79.1 Å². The van der Waals surface area contributed by atoms with Gasteiger partial charge < -0.3 is 18.9 Å². The van der Waals surface area contributed by atoms with Crippen molar-refractivity contribution in [3.63, 3.8) is 0 Å². The molecule has 1 saturated heterocycles. The van der Waals surface area contributed by atoms with Crippen molar-refractivity contribution in [2.24, 2.45) is 0 Å². The highest BCUT2D eigenvalue weighted by Gasteiger charge is 2.22. The summed E-state index contributed by atoms with van der Waals surface area (Å²) in [7, 11) is 0. The molecule has 5 rings (SSSR count). The lowest BCUT2D eigenvalue weighted by molar-refractivity contribution is 0.0746. The Hall–Kier alpha value is -3.80. The van der Waals surface area contributed by atoms with Crippen LogP contribution in [0.5, 0.6) is 5.75 Å². The number of para-hydroxylation sites is 1. The summed E-state index contributed by atoms with van der Waals surface area (Å²) in [6, 6.07) is 21.8. The first kappa shape index (κ1) is 20.1. The van der Waals surface area contributed by atoms with E-state index in [1.54, 1.807) is 0 Å². The van der Waals surface area contributed by atoms with Gasteiger partial charge in [-0.05, 0) is 55.0 Å². The molecular formula is C26H26N4O2. The van der Waals surface area contributed by atoms with Crippen molar-refractivity contribution < 1.29 is 9.53 Å². The van der Waals surface area contributed by atoms with E-state index in [4.69, 9.17) is 4.74 Å². The lowest BCUT2D eigenvalue weighted by atomic mass is 10.1. The molecule has 0 atom stereocenters. The van der Waals surface area contributed by atoms with Gasteiger partial charge in [-0.3, -0.25) is 4.79 Å². The van der Waals surface area contributed by atoms with Gasteiger partial charge in [0.25, 0.3) is 5.91 Å². The number of amides is 1. The van der Waals surface area contributed by atoms with Crippen LogP contribution in [0, 0.1) is 6.92 Å². The third kappa shape index (κ3) is 4.30. The number of hydrogen-bond donors (Lipinski definition) is 0. The fourth-order valence-corrected chi connectivity index (χ4v) is 4.07. The maximum atomic E-state index is 12.9. The number of aryl methyl sites for hydroxylation is 1. The molecule has 1 aliphatic rings. The summed E-state index contributed by atoms with van der Waals surface area (Å²) >= 11 is 0. The summed E-state index contributed by atoms with van der Waals surface area (Å²) in [5, 5.41) is 0. The van der Waals surface area contributed by atoms with Gasteiger partial charge >= 0.3 is 0 Å². The van der Waals surface area contributed by atoms with E-state index in [0.717, 1.165) is 43.3 Å². The molecule has 1 fully saturated rings. The van der Waals surface area contributed by atoms with E-state index in [1.807, 2.05) is 76.3 Å². The number of piperazine rings is 1. The van der Waals surface area contributed by atoms with E-state index in [-0.39, 0.29) is 5.91 Å². The first-order chi connectivity index (χ1) is 15.7. The van der Waals surface area contributed by atoms with Crippen molar-refractivity contribution in [1.29, 1.82) is 0 Å². The summed E-state index contributed by atoms with van der Waals surface area (Å²) in [6.07, 6.45) is 4.03. The monoisotopic (exact) mass is 426 g/mol. The Kier molecular flexibility index (Phi) is 5.50. The number of anilines is 1. The highest BCUT2D eigenvalue weighted by molar-refractivity contribution is 5.94. The number of imidazole rings is 1. The van der Waals surface area contributed by atoms with Gasteiger partial charge in [-0.15, -0.1) is 0 Å². The second-order valence-electron chi connectivity index (χ2n) is 8.13. The Morgan fingerprint density at radius 2 is 1.66 bits per heavy atom. The van der Waals surface area contributed by atoms with Gasteiger partial charge in [0.1, 0.15) is 18.0 Å². The quantitative estimate of drug-likeness (QED) is 0.480. The smallest absolute Gasteiger partial charge is 0.253 e. The number of fused-ring (bicyclic) bond motifs is 1. The van der Waals surface area contributed by atoms with Crippen molar-refractivity contribution in [3.05, 3.63) is 95.9 Å². The molecule has 6 nitrogen and oxygen atoms in total.